The van der Waals surface area contributed by atoms with Crippen molar-refractivity contribution in [1.29, 1.82) is 0 Å². The fourth-order valence-electron chi connectivity index (χ4n) is 2.94. The molecule has 2 aromatic heterocycles. The number of thiophene rings is 1. The molecule has 0 saturated carbocycles. The van der Waals surface area contributed by atoms with E-state index in [0.717, 1.165) is 31.8 Å². The molecule has 5 heteroatoms. The molecule has 0 atom stereocenters. The number of piperidine rings is 1. The number of fused-ring (bicyclic) bond motifs is 2. The third-order valence-electron chi connectivity index (χ3n) is 4.09. The summed E-state index contributed by atoms with van der Waals surface area (Å²) in [6, 6.07) is 2.22. The highest BCUT2D eigenvalue weighted by molar-refractivity contribution is 7.11. The van der Waals surface area contributed by atoms with Crippen LogP contribution in [0.3, 0.4) is 0 Å². The largest absolute Gasteiger partial charge is 0.306 e. The molecular weight excluding hydrogens is 268 g/mol. The lowest BCUT2D eigenvalue weighted by Crippen LogP contribution is -2.27. The second-order valence-electron chi connectivity index (χ2n) is 5.36. The van der Waals surface area contributed by atoms with Crippen LogP contribution >= 0.6 is 11.3 Å². The van der Waals surface area contributed by atoms with E-state index in [9.17, 15) is 0 Å². The Kier molecular flexibility index (Phi) is 2.82. The summed E-state index contributed by atoms with van der Waals surface area (Å²) in [7, 11) is 2.19. The average molecular weight is 284 g/mol. The highest BCUT2D eigenvalue weighted by Gasteiger charge is 2.23. The lowest BCUT2D eigenvalue weighted by Gasteiger charge is -2.26. The predicted molar refractivity (Wildman–Crippen MR) is 82.3 cm³/mol. The van der Waals surface area contributed by atoms with Crippen LogP contribution in [0.4, 0.5) is 0 Å². The second-order valence-corrected chi connectivity index (χ2v) is 6.31. The second kappa shape index (κ2) is 4.68. The number of aromatic nitrogens is 3. The van der Waals surface area contributed by atoms with Crippen LogP contribution in [0.15, 0.2) is 23.3 Å². The first kappa shape index (κ1) is 12.1. The third kappa shape index (κ3) is 1.85. The molecule has 0 N–H and O–H groups in total. The molecule has 0 unspecified atom stereocenters. The summed E-state index contributed by atoms with van der Waals surface area (Å²) in [6.07, 6.45) is 8.25. The highest BCUT2D eigenvalue weighted by atomic mass is 32.1. The molecule has 0 aromatic carbocycles. The minimum absolute atomic E-state index is 0.984. The van der Waals surface area contributed by atoms with Crippen molar-refractivity contribution >= 4 is 29.2 Å². The summed E-state index contributed by atoms with van der Waals surface area (Å²) in [5.74, 6) is 0.984. The fraction of sp³-hybridized carbons (Fsp3) is 0.333. The van der Waals surface area contributed by atoms with Gasteiger partial charge in [-0.1, -0.05) is 5.57 Å². The molecule has 0 amide bonds. The summed E-state index contributed by atoms with van der Waals surface area (Å²) in [6.45, 7) is 2.25. The zero-order valence-corrected chi connectivity index (χ0v) is 12.2. The molecule has 2 aliphatic heterocycles. The lowest BCUT2D eigenvalue weighted by atomic mass is 9.93. The zero-order chi connectivity index (χ0) is 13.5. The topological polar surface area (TPSA) is 34.0 Å². The fourth-order valence-corrected chi connectivity index (χ4v) is 3.73. The Balaban J connectivity index is 1.92. The number of hydrogen-bond acceptors (Lipinski definition) is 4. The van der Waals surface area contributed by atoms with E-state index >= 15 is 0 Å². The molecule has 1 fully saturated rings. The van der Waals surface area contributed by atoms with Gasteiger partial charge in [-0.05, 0) is 37.4 Å². The van der Waals surface area contributed by atoms with Crippen molar-refractivity contribution in [2.75, 3.05) is 20.1 Å². The quantitative estimate of drug-likeness (QED) is 0.636. The molecular formula is C15H16N4S. The molecule has 0 aliphatic carbocycles. The Labute approximate surface area is 122 Å². The monoisotopic (exact) mass is 284 g/mol. The van der Waals surface area contributed by atoms with Crippen LogP contribution in [0.5, 0.6) is 0 Å². The number of hydrogen-bond donors (Lipinski definition) is 0. The van der Waals surface area contributed by atoms with Crippen molar-refractivity contribution in [1.82, 2.24) is 19.7 Å². The number of likely N-dealkylation sites (tertiary alicyclic amines) is 1. The molecule has 1 saturated heterocycles. The van der Waals surface area contributed by atoms with Gasteiger partial charge in [0.15, 0.2) is 5.82 Å². The minimum Gasteiger partial charge on any atom is -0.306 e. The SMILES string of the molecule is CN1CCC(=C2c3ccsc3C=Cn3cnnc32)CC1. The maximum Gasteiger partial charge on any atom is 0.168 e. The first-order valence-electron chi connectivity index (χ1n) is 6.89. The summed E-state index contributed by atoms with van der Waals surface area (Å²) < 4.78 is 2.04. The third-order valence-corrected chi connectivity index (χ3v) is 4.97. The molecule has 4 rings (SSSR count). The van der Waals surface area contributed by atoms with Gasteiger partial charge >= 0.3 is 0 Å². The molecule has 4 nitrogen and oxygen atoms in total. The Morgan fingerprint density at radius 2 is 2.10 bits per heavy atom. The van der Waals surface area contributed by atoms with E-state index in [1.807, 2.05) is 4.57 Å². The van der Waals surface area contributed by atoms with Gasteiger partial charge in [0.25, 0.3) is 0 Å². The standard InChI is InChI=1S/C15H16N4S/c1-18-6-2-11(3-7-18)14-12-5-9-20-13(12)4-8-19-10-16-17-15(14)19/h4-5,8-10H,2-3,6-7H2,1H3. The first-order valence-corrected chi connectivity index (χ1v) is 7.77. The van der Waals surface area contributed by atoms with E-state index in [1.165, 1.54) is 21.6 Å². The van der Waals surface area contributed by atoms with Crippen molar-refractivity contribution in [3.05, 3.63) is 39.6 Å². The van der Waals surface area contributed by atoms with Gasteiger partial charge in [0.1, 0.15) is 6.33 Å². The van der Waals surface area contributed by atoms with Crippen LogP contribution in [-0.4, -0.2) is 39.8 Å². The lowest BCUT2D eigenvalue weighted by molar-refractivity contribution is 0.313. The number of nitrogens with zero attached hydrogens (tertiary/aromatic N) is 4. The van der Waals surface area contributed by atoms with Gasteiger partial charge in [0, 0.05) is 35.3 Å². The minimum atomic E-state index is 0.984. The van der Waals surface area contributed by atoms with Crippen molar-refractivity contribution in [2.45, 2.75) is 12.8 Å². The summed E-state index contributed by atoms with van der Waals surface area (Å²) >= 11 is 1.79. The van der Waals surface area contributed by atoms with Crippen LogP contribution in [-0.2, 0) is 0 Å². The average Bonchev–Trinajstić information content (AvgIpc) is 3.07. The molecule has 4 heterocycles. The van der Waals surface area contributed by atoms with Gasteiger partial charge < -0.3 is 4.90 Å². The van der Waals surface area contributed by atoms with E-state index in [2.05, 4.69) is 45.9 Å². The number of rotatable bonds is 0. The van der Waals surface area contributed by atoms with Crippen molar-refractivity contribution in [3.8, 4) is 0 Å². The van der Waals surface area contributed by atoms with E-state index in [-0.39, 0.29) is 0 Å². The smallest absolute Gasteiger partial charge is 0.168 e. The van der Waals surface area contributed by atoms with E-state index < -0.39 is 0 Å². The molecule has 0 spiro atoms. The first-order chi connectivity index (χ1) is 9.83. The molecule has 2 aromatic rings. The maximum absolute atomic E-state index is 4.37. The van der Waals surface area contributed by atoms with Gasteiger partial charge in [0.2, 0.25) is 0 Å². The van der Waals surface area contributed by atoms with Gasteiger partial charge in [-0.15, -0.1) is 21.5 Å². The van der Waals surface area contributed by atoms with Gasteiger partial charge in [0.05, 0.1) is 0 Å². The van der Waals surface area contributed by atoms with Gasteiger partial charge in [-0.2, -0.15) is 0 Å². The Morgan fingerprint density at radius 1 is 1.25 bits per heavy atom. The van der Waals surface area contributed by atoms with Gasteiger partial charge in [-0.25, -0.2) is 0 Å². The summed E-state index contributed by atoms with van der Waals surface area (Å²) in [5, 5.41) is 10.6. The van der Waals surface area contributed by atoms with Crippen molar-refractivity contribution in [2.24, 2.45) is 0 Å². The van der Waals surface area contributed by atoms with Crippen LogP contribution in [0.25, 0.3) is 17.8 Å². The van der Waals surface area contributed by atoms with Crippen LogP contribution < -0.4 is 0 Å². The van der Waals surface area contributed by atoms with E-state index in [0.29, 0.717) is 0 Å². The van der Waals surface area contributed by atoms with Crippen molar-refractivity contribution < 1.29 is 0 Å². The van der Waals surface area contributed by atoms with Crippen LogP contribution in [0.2, 0.25) is 0 Å². The Bertz CT molecular complexity index is 651. The van der Waals surface area contributed by atoms with E-state index in [1.54, 1.807) is 17.7 Å². The predicted octanol–water partition coefficient (Wildman–Crippen LogP) is 2.81. The molecule has 0 bridgehead atoms. The Hall–Kier alpha value is -1.72. The molecule has 2 aliphatic rings. The van der Waals surface area contributed by atoms with Crippen LogP contribution in [0, 0.1) is 0 Å². The normalized spacial score (nSPS) is 18.9. The van der Waals surface area contributed by atoms with Crippen LogP contribution in [0.1, 0.15) is 29.1 Å². The highest BCUT2D eigenvalue weighted by Crippen LogP contribution is 2.37. The summed E-state index contributed by atoms with van der Waals surface area (Å²) in [5.41, 5.74) is 4.13. The molecule has 102 valence electrons. The van der Waals surface area contributed by atoms with E-state index in [4.69, 9.17) is 0 Å². The zero-order valence-electron chi connectivity index (χ0n) is 11.4. The Morgan fingerprint density at radius 3 is 2.95 bits per heavy atom. The molecule has 20 heavy (non-hydrogen) atoms. The summed E-state index contributed by atoms with van der Waals surface area (Å²) in [4.78, 5) is 3.70. The van der Waals surface area contributed by atoms with Crippen molar-refractivity contribution in [3.63, 3.8) is 0 Å². The molecule has 0 radical (unpaired) electrons. The maximum atomic E-state index is 4.37. The van der Waals surface area contributed by atoms with Gasteiger partial charge in [-0.3, -0.25) is 4.57 Å².